The standard InChI is InChI=1S/C6H14O6S4.2Na/c7-15(8,13)11-5-3-1-2-4-6-12-16(9,10)14;;/h1-6H2,(H,7,8,13)(H,9,10,14);;/q;2*+1/p-2. The van der Waals surface area contributed by atoms with Crippen LogP contribution in [0.1, 0.15) is 25.7 Å². The first-order valence-corrected chi connectivity index (χ1v) is 9.08. The van der Waals surface area contributed by atoms with Gasteiger partial charge in [0, 0.05) is 0 Å². The van der Waals surface area contributed by atoms with Crippen LogP contribution in [0.25, 0.3) is 0 Å². The van der Waals surface area contributed by atoms with E-state index in [1.165, 1.54) is 0 Å². The SMILES string of the molecule is O=S([O-])(=S)OCCCCCCOS(=O)([O-])=S.[Na+].[Na+]. The maximum atomic E-state index is 10.4. The molecule has 0 radical (unpaired) electrons. The predicted octanol–water partition coefficient (Wildman–Crippen LogP) is -5.83. The van der Waals surface area contributed by atoms with Crippen LogP contribution in [0.15, 0.2) is 0 Å². The molecule has 0 spiro atoms. The Bertz CT molecular complexity index is 343. The van der Waals surface area contributed by atoms with Gasteiger partial charge in [0.2, 0.25) is 0 Å². The molecule has 0 rings (SSSR count). The molecule has 0 aliphatic rings. The Morgan fingerprint density at radius 3 is 1.28 bits per heavy atom. The summed E-state index contributed by atoms with van der Waals surface area (Å²) in [5.74, 6) is 0. The second kappa shape index (κ2) is 13.3. The summed E-state index contributed by atoms with van der Waals surface area (Å²) in [5, 5.41) is 0. The van der Waals surface area contributed by atoms with Crippen LogP contribution in [-0.4, -0.2) is 30.7 Å². The third-order valence-electron chi connectivity index (χ3n) is 1.49. The molecule has 0 N–H and O–H groups in total. The van der Waals surface area contributed by atoms with Gasteiger partial charge in [0.05, 0.1) is 31.3 Å². The second-order valence-electron chi connectivity index (χ2n) is 2.87. The van der Waals surface area contributed by atoms with Crippen molar-refractivity contribution in [3.05, 3.63) is 0 Å². The van der Waals surface area contributed by atoms with Gasteiger partial charge in [0.15, 0.2) is 0 Å². The van der Waals surface area contributed by atoms with E-state index in [1.54, 1.807) is 0 Å². The summed E-state index contributed by atoms with van der Waals surface area (Å²) >= 11 is 7.99. The summed E-state index contributed by atoms with van der Waals surface area (Å²) < 4.78 is 50.2. The number of hydrogen-bond acceptors (Lipinski definition) is 8. The molecule has 0 saturated heterocycles. The summed E-state index contributed by atoms with van der Waals surface area (Å²) in [6.07, 6.45) is 2.48. The second-order valence-corrected chi connectivity index (χ2v) is 7.43. The molecule has 0 aromatic carbocycles. The van der Waals surface area contributed by atoms with Crippen molar-refractivity contribution in [2.24, 2.45) is 0 Å². The molecular formula is C6H12Na2O6S4. The molecule has 0 fully saturated rings. The van der Waals surface area contributed by atoms with Crippen molar-refractivity contribution in [2.75, 3.05) is 13.2 Å². The van der Waals surface area contributed by atoms with Gasteiger partial charge < -0.3 is 9.11 Å². The fourth-order valence-corrected chi connectivity index (χ4v) is 1.93. The van der Waals surface area contributed by atoms with Crippen LogP contribution in [0.5, 0.6) is 0 Å². The van der Waals surface area contributed by atoms with Crippen LogP contribution >= 0.6 is 0 Å². The van der Waals surface area contributed by atoms with Gasteiger partial charge in [-0.25, -0.2) is 8.42 Å². The van der Waals surface area contributed by atoms with E-state index in [9.17, 15) is 17.5 Å². The molecule has 0 aliphatic carbocycles. The molecule has 98 valence electrons. The smallest absolute Gasteiger partial charge is 0.748 e. The zero-order chi connectivity index (χ0) is 12.7. The van der Waals surface area contributed by atoms with Gasteiger partial charge in [0.1, 0.15) is 0 Å². The Morgan fingerprint density at radius 1 is 0.778 bits per heavy atom. The molecule has 2 unspecified atom stereocenters. The Morgan fingerprint density at radius 2 is 1.06 bits per heavy atom. The molecule has 0 amide bonds. The fourth-order valence-electron chi connectivity index (χ4n) is 0.880. The van der Waals surface area contributed by atoms with E-state index in [1.807, 2.05) is 0 Å². The molecule has 0 aromatic rings. The maximum Gasteiger partial charge on any atom is 1.00 e. The van der Waals surface area contributed by atoms with Crippen LogP contribution in [0.2, 0.25) is 0 Å². The number of rotatable bonds is 9. The summed E-state index contributed by atoms with van der Waals surface area (Å²) in [7, 11) is -7.55. The van der Waals surface area contributed by atoms with Gasteiger partial charge in [-0.15, -0.1) is 0 Å². The minimum atomic E-state index is -3.78. The Labute approximate surface area is 162 Å². The Hall–Kier alpha value is 2.58. The predicted molar refractivity (Wildman–Crippen MR) is 62.9 cm³/mol. The molecule has 6 nitrogen and oxygen atoms in total. The van der Waals surface area contributed by atoms with E-state index in [0.717, 1.165) is 0 Å². The van der Waals surface area contributed by atoms with Crippen LogP contribution in [-0.2, 0) is 48.8 Å². The number of unbranched alkanes of at least 4 members (excludes halogenated alkanes) is 3. The average Bonchev–Trinajstić information content (AvgIpc) is 2.06. The summed E-state index contributed by atoms with van der Waals surface area (Å²) in [5.41, 5.74) is 0. The van der Waals surface area contributed by atoms with Gasteiger partial charge in [-0.1, -0.05) is 12.8 Å². The third-order valence-corrected chi connectivity index (χ3v) is 2.98. The topological polar surface area (TPSA) is 98.7 Å². The van der Waals surface area contributed by atoms with Gasteiger partial charge in [-0.2, -0.15) is 0 Å². The quantitative estimate of drug-likeness (QED) is 0.298. The van der Waals surface area contributed by atoms with Crippen molar-refractivity contribution >= 4 is 40.5 Å². The Balaban J connectivity index is -0.00000112. The van der Waals surface area contributed by atoms with Crippen molar-refractivity contribution in [2.45, 2.75) is 25.7 Å². The Kier molecular flexibility index (Phi) is 18.8. The fraction of sp³-hybridized carbons (Fsp3) is 1.00. The molecule has 2 atom stereocenters. The average molecular weight is 354 g/mol. The van der Waals surface area contributed by atoms with Crippen LogP contribution < -0.4 is 59.1 Å². The normalized spacial score (nSPS) is 16.8. The minimum absolute atomic E-state index is 0. The first kappa shape index (κ1) is 25.5. The van der Waals surface area contributed by atoms with Gasteiger partial charge in [-0.05, 0) is 35.2 Å². The molecule has 18 heavy (non-hydrogen) atoms. The van der Waals surface area contributed by atoms with E-state index in [2.05, 4.69) is 30.7 Å². The molecule has 0 saturated carbocycles. The van der Waals surface area contributed by atoms with E-state index in [0.29, 0.717) is 25.7 Å². The summed E-state index contributed by atoms with van der Waals surface area (Å²) in [6.45, 7) is 0.0953. The molecule has 0 aliphatic heterocycles. The summed E-state index contributed by atoms with van der Waals surface area (Å²) in [6, 6.07) is 0. The molecule has 0 aromatic heterocycles. The van der Waals surface area contributed by atoms with E-state index in [-0.39, 0.29) is 72.3 Å². The monoisotopic (exact) mass is 354 g/mol. The molecular weight excluding hydrogens is 342 g/mol. The van der Waals surface area contributed by atoms with E-state index < -0.39 is 18.1 Å². The largest absolute Gasteiger partial charge is 1.00 e. The summed E-state index contributed by atoms with van der Waals surface area (Å²) in [4.78, 5) is 0. The molecule has 12 heteroatoms. The van der Waals surface area contributed by atoms with Crippen molar-refractivity contribution in [3.8, 4) is 0 Å². The minimum Gasteiger partial charge on any atom is -0.748 e. The molecule has 0 heterocycles. The first-order valence-electron chi connectivity index (χ1n) is 4.41. The van der Waals surface area contributed by atoms with Gasteiger partial charge >= 0.3 is 59.1 Å². The maximum absolute atomic E-state index is 10.4. The van der Waals surface area contributed by atoms with Gasteiger partial charge in [-0.3, -0.25) is 8.37 Å². The van der Waals surface area contributed by atoms with Crippen molar-refractivity contribution in [1.29, 1.82) is 0 Å². The van der Waals surface area contributed by atoms with Gasteiger partial charge in [0.25, 0.3) is 0 Å². The zero-order valence-electron chi connectivity index (χ0n) is 10.3. The van der Waals surface area contributed by atoms with Crippen molar-refractivity contribution in [1.82, 2.24) is 0 Å². The van der Waals surface area contributed by atoms with Crippen LogP contribution in [0.3, 0.4) is 0 Å². The van der Waals surface area contributed by atoms with E-state index in [4.69, 9.17) is 0 Å². The number of hydrogen-bond donors (Lipinski definition) is 0. The van der Waals surface area contributed by atoms with E-state index >= 15 is 0 Å². The molecule has 0 bridgehead atoms. The third kappa shape index (κ3) is 23.7. The van der Waals surface area contributed by atoms with Crippen LogP contribution in [0, 0.1) is 0 Å². The van der Waals surface area contributed by atoms with Crippen LogP contribution in [0.4, 0.5) is 0 Å². The van der Waals surface area contributed by atoms with Crippen molar-refractivity contribution < 1.29 is 85.0 Å². The first-order chi connectivity index (χ1) is 7.21. The van der Waals surface area contributed by atoms with Crippen molar-refractivity contribution in [3.63, 3.8) is 0 Å². The zero-order valence-corrected chi connectivity index (χ0v) is 17.6.